The van der Waals surface area contributed by atoms with Gasteiger partial charge in [-0.15, -0.1) is 0 Å². The lowest BCUT2D eigenvalue weighted by Gasteiger charge is -2.04. The Labute approximate surface area is 75.2 Å². The van der Waals surface area contributed by atoms with Crippen LogP contribution in [0.4, 0.5) is 4.39 Å². The van der Waals surface area contributed by atoms with Gasteiger partial charge in [-0.25, -0.2) is 4.39 Å². The van der Waals surface area contributed by atoms with Crippen LogP contribution in [0.2, 0.25) is 5.02 Å². The average molecular weight is 190 g/mol. The van der Waals surface area contributed by atoms with Crippen LogP contribution in [-0.4, -0.2) is 7.11 Å². The van der Waals surface area contributed by atoms with Crippen LogP contribution in [0.15, 0.2) is 18.2 Å². The molecule has 2 nitrogen and oxygen atoms in total. The standard InChI is InChI=1S/C8H9ClFNO/c1-12-11-5-6-3-2-4-7(10)8(6)9/h2-4,11H,5H2,1H3. The SMILES string of the molecule is CONCc1cccc(F)c1Cl. The Kier molecular flexibility index (Phi) is 3.47. The molecule has 4 heteroatoms. The van der Waals surface area contributed by atoms with Crippen LogP contribution in [0, 0.1) is 5.82 Å². The molecule has 0 bridgehead atoms. The van der Waals surface area contributed by atoms with Gasteiger partial charge in [0.15, 0.2) is 0 Å². The number of hydroxylamine groups is 1. The molecule has 0 saturated heterocycles. The average Bonchev–Trinajstić information content (AvgIpc) is 2.08. The molecule has 0 aliphatic rings. The zero-order valence-electron chi connectivity index (χ0n) is 6.60. The van der Waals surface area contributed by atoms with Gasteiger partial charge in [0, 0.05) is 6.54 Å². The molecule has 0 atom stereocenters. The summed E-state index contributed by atoms with van der Waals surface area (Å²) in [6.07, 6.45) is 0. The predicted molar refractivity (Wildman–Crippen MR) is 45.3 cm³/mol. The normalized spacial score (nSPS) is 10.2. The molecule has 0 fully saturated rings. The molecule has 0 unspecified atom stereocenters. The van der Waals surface area contributed by atoms with Gasteiger partial charge in [0.05, 0.1) is 12.1 Å². The molecule has 0 radical (unpaired) electrons. The molecule has 1 aromatic carbocycles. The van der Waals surface area contributed by atoms with E-state index in [1.165, 1.54) is 13.2 Å². The molecule has 0 amide bonds. The van der Waals surface area contributed by atoms with Crippen LogP contribution < -0.4 is 5.48 Å². The summed E-state index contributed by atoms with van der Waals surface area (Å²) in [6.45, 7) is 0.396. The van der Waals surface area contributed by atoms with Crippen LogP contribution in [0.5, 0.6) is 0 Å². The first-order chi connectivity index (χ1) is 5.75. The lowest BCUT2D eigenvalue weighted by atomic mass is 10.2. The Bertz CT molecular complexity index is 267. The lowest BCUT2D eigenvalue weighted by Crippen LogP contribution is -2.11. The van der Waals surface area contributed by atoms with Crippen LogP contribution in [-0.2, 0) is 11.4 Å². The summed E-state index contributed by atoms with van der Waals surface area (Å²) in [7, 11) is 1.49. The number of nitrogens with one attached hydrogen (secondary N) is 1. The zero-order chi connectivity index (χ0) is 8.97. The Balaban J connectivity index is 2.78. The highest BCUT2D eigenvalue weighted by Gasteiger charge is 2.03. The molecule has 1 N–H and O–H groups in total. The molecular formula is C8H9ClFNO. The molecule has 0 saturated carbocycles. The van der Waals surface area contributed by atoms with Crippen molar-refractivity contribution < 1.29 is 9.23 Å². The third-order valence-electron chi connectivity index (χ3n) is 1.44. The minimum atomic E-state index is -0.410. The second-order valence-electron chi connectivity index (χ2n) is 2.24. The zero-order valence-corrected chi connectivity index (χ0v) is 7.36. The molecule has 0 aliphatic heterocycles. The van der Waals surface area contributed by atoms with Gasteiger partial charge in [-0.05, 0) is 11.6 Å². The maximum atomic E-state index is 12.8. The van der Waals surface area contributed by atoms with Crippen LogP contribution in [0.25, 0.3) is 0 Å². The number of halogens is 2. The van der Waals surface area contributed by atoms with Gasteiger partial charge in [-0.1, -0.05) is 23.7 Å². The largest absolute Gasteiger partial charge is 0.305 e. The second kappa shape index (κ2) is 4.40. The topological polar surface area (TPSA) is 21.3 Å². The molecule has 1 aromatic rings. The third-order valence-corrected chi connectivity index (χ3v) is 1.86. The summed E-state index contributed by atoms with van der Waals surface area (Å²) in [5.74, 6) is -0.410. The van der Waals surface area contributed by atoms with Crippen molar-refractivity contribution in [3.63, 3.8) is 0 Å². The van der Waals surface area contributed by atoms with E-state index in [-0.39, 0.29) is 5.02 Å². The fourth-order valence-corrected chi connectivity index (χ4v) is 1.03. The van der Waals surface area contributed by atoms with Crippen LogP contribution in [0.1, 0.15) is 5.56 Å². The summed E-state index contributed by atoms with van der Waals surface area (Å²) in [5, 5.41) is 0.141. The third kappa shape index (κ3) is 2.17. The Morgan fingerprint density at radius 2 is 2.33 bits per heavy atom. The highest BCUT2D eigenvalue weighted by atomic mass is 35.5. The van der Waals surface area contributed by atoms with E-state index >= 15 is 0 Å². The Morgan fingerprint density at radius 3 is 3.00 bits per heavy atom. The van der Waals surface area contributed by atoms with Gasteiger partial charge >= 0.3 is 0 Å². The van der Waals surface area contributed by atoms with E-state index in [1.54, 1.807) is 12.1 Å². The molecule has 0 aliphatic carbocycles. The van der Waals surface area contributed by atoms with E-state index in [1.807, 2.05) is 0 Å². The van der Waals surface area contributed by atoms with Crippen molar-refractivity contribution in [3.8, 4) is 0 Å². The summed E-state index contributed by atoms with van der Waals surface area (Å²) in [6, 6.07) is 4.66. The van der Waals surface area contributed by atoms with E-state index in [0.717, 1.165) is 0 Å². The van der Waals surface area contributed by atoms with Crippen molar-refractivity contribution in [3.05, 3.63) is 34.6 Å². The molecular weight excluding hydrogens is 181 g/mol. The maximum Gasteiger partial charge on any atom is 0.142 e. The number of hydrogen-bond donors (Lipinski definition) is 1. The molecule has 0 heterocycles. The van der Waals surface area contributed by atoms with Gasteiger partial charge in [0.1, 0.15) is 5.82 Å². The second-order valence-corrected chi connectivity index (χ2v) is 2.62. The van der Waals surface area contributed by atoms with Crippen molar-refractivity contribution in [1.82, 2.24) is 5.48 Å². The molecule has 66 valence electrons. The van der Waals surface area contributed by atoms with Gasteiger partial charge < -0.3 is 4.84 Å². The summed E-state index contributed by atoms with van der Waals surface area (Å²) < 4.78 is 12.8. The molecule has 1 rings (SSSR count). The molecule has 0 aromatic heterocycles. The maximum absolute atomic E-state index is 12.8. The van der Waals surface area contributed by atoms with Gasteiger partial charge in [-0.2, -0.15) is 5.48 Å². The Morgan fingerprint density at radius 1 is 1.58 bits per heavy atom. The van der Waals surface area contributed by atoms with Crippen LogP contribution >= 0.6 is 11.6 Å². The van der Waals surface area contributed by atoms with Crippen molar-refractivity contribution in [2.75, 3.05) is 7.11 Å². The highest BCUT2D eigenvalue weighted by molar-refractivity contribution is 6.31. The Hall–Kier alpha value is -0.640. The predicted octanol–water partition coefficient (Wildman–Crippen LogP) is 2.13. The first-order valence-corrected chi connectivity index (χ1v) is 3.82. The van der Waals surface area contributed by atoms with Gasteiger partial charge in [-0.3, -0.25) is 0 Å². The summed E-state index contributed by atoms with van der Waals surface area (Å²) >= 11 is 5.66. The van der Waals surface area contributed by atoms with E-state index in [9.17, 15) is 4.39 Å². The minimum Gasteiger partial charge on any atom is -0.305 e. The van der Waals surface area contributed by atoms with Crippen molar-refractivity contribution in [2.24, 2.45) is 0 Å². The van der Waals surface area contributed by atoms with E-state index in [2.05, 4.69) is 10.3 Å². The monoisotopic (exact) mass is 189 g/mol. The van der Waals surface area contributed by atoms with E-state index in [0.29, 0.717) is 12.1 Å². The fraction of sp³-hybridized carbons (Fsp3) is 0.250. The number of rotatable bonds is 3. The van der Waals surface area contributed by atoms with Gasteiger partial charge in [0.2, 0.25) is 0 Å². The smallest absolute Gasteiger partial charge is 0.142 e. The highest BCUT2D eigenvalue weighted by Crippen LogP contribution is 2.18. The van der Waals surface area contributed by atoms with Gasteiger partial charge in [0.25, 0.3) is 0 Å². The van der Waals surface area contributed by atoms with Crippen LogP contribution in [0.3, 0.4) is 0 Å². The molecule has 12 heavy (non-hydrogen) atoms. The first kappa shape index (κ1) is 9.45. The minimum absolute atomic E-state index is 0.141. The number of hydrogen-bond acceptors (Lipinski definition) is 2. The lowest BCUT2D eigenvalue weighted by molar-refractivity contribution is 0.0867. The summed E-state index contributed by atoms with van der Waals surface area (Å²) in [4.78, 5) is 4.61. The number of benzene rings is 1. The van der Waals surface area contributed by atoms with Crippen molar-refractivity contribution in [2.45, 2.75) is 6.54 Å². The fourth-order valence-electron chi connectivity index (χ4n) is 0.835. The van der Waals surface area contributed by atoms with Crippen molar-refractivity contribution >= 4 is 11.6 Å². The quantitative estimate of drug-likeness (QED) is 0.736. The molecule has 0 spiro atoms. The first-order valence-electron chi connectivity index (χ1n) is 3.44. The van der Waals surface area contributed by atoms with E-state index < -0.39 is 5.82 Å². The van der Waals surface area contributed by atoms with E-state index in [4.69, 9.17) is 11.6 Å². The summed E-state index contributed by atoms with van der Waals surface area (Å²) in [5.41, 5.74) is 3.26. The van der Waals surface area contributed by atoms with Crippen molar-refractivity contribution in [1.29, 1.82) is 0 Å².